The van der Waals surface area contributed by atoms with E-state index in [-0.39, 0.29) is 5.91 Å². The number of amides is 1. The minimum atomic E-state index is 0.0478. The summed E-state index contributed by atoms with van der Waals surface area (Å²) in [5, 5.41) is 6.82. The third kappa shape index (κ3) is 3.80. The molecule has 1 amide bonds. The van der Waals surface area contributed by atoms with E-state index in [0.717, 1.165) is 44.8 Å². The second-order valence-electron chi connectivity index (χ2n) is 4.67. The number of nitrogens with one attached hydrogen (secondary N) is 1. The molecule has 1 aliphatic heterocycles. The van der Waals surface area contributed by atoms with E-state index in [4.69, 9.17) is 4.74 Å². The number of methoxy groups -OCH3 is 1. The molecule has 0 aliphatic carbocycles. The number of thiophene rings is 1. The predicted molar refractivity (Wildman–Crippen MR) is 73.1 cm³/mol. The summed E-state index contributed by atoms with van der Waals surface area (Å²) in [6, 6.07) is 1.86. The minimum Gasteiger partial charge on any atom is -0.383 e. The van der Waals surface area contributed by atoms with Gasteiger partial charge in [-0.25, -0.2) is 0 Å². The Morgan fingerprint density at radius 2 is 2.56 bits per heavy atom. The zero-order valence-electron chi connectivity index (χ0n) is 10.7. The molecular weight excluding hydrogens is 248 g/mol. The molecule has 1 aromatic heterocycles. The van der Waals surface area contributed by atoms with E-state index in [2.05, 4.69) is 10.2 Å². The summed E-state index contributed by atoms with van der Waals surface area (Å²) in [4.78, 5) is 14.2. The van der Waals surface area contributed by atoms with Crippen LogP contribution in [0.2, 0.25) is 0 Å². The fourth-order valence-corrected chi connectivity index (χ4v) is 2.87. The van der Waals surface area contributed by atoms with Gasteiger partial charge in [0.2, 0.25) is 0 Å². The smallest absolute Gasteiger partial charge is 0.252 e. The summed E-state index contributed by atoms with van der Waals surface area (Å²) in [6.07, 6.45) is 1.16. The molecule has 1 atom stereocenters. The van der Waals surface area contributed by atoms with E-state index in [1.807, 2.05) is 16.8 Å². The van der Waals surface area contributed by atoms with Crippen LogP contribution in [0.1, 0.15) is 16.8 Å². The Hall–Kier alpha value is -0.910. The Labute approximate surface area is 112 Å². The first kappa shape index (κ1) is 13.5. The maximum atomic E-state index is 11.8. The van der Waals surface area contributed by atoms with Crippen LogP contribution in [-0.4, -0.2) is 50.7 Å². The van der Waals surface area contributed by atoms with Gasteiger partial charge in [0.25, 0.3) is 5.91 Å². The fourth-order valence-electron chi connectivity index (χ4n) is 2.24. The van der Waals surface area contributed by atoms with Crippen LogP contribution in [0.25, 0.3) is 0 Å². The fraction of sp³-hybridized carbons (Fsp3) is 0.615. The first-order valence-corrected chi connectivity index (χ1v) is 7.25. The second kappa shape index (κ2) is 6.87. The standard InChI is InChI=1S/C13H20N2O2S/c1-17-6-5-15-4-2-11(9-15)8-14-13(16)12-3-7-18-10-12/h3,7,10-11H,2,4-6,8-9H2,1H3,(H,14,16)/t11-/m1/s1. The lowest BCUT2D eigenvalue weighted by molar-refractivity contribution is 0.0947. The zero-order chi connectivity index (χ0) is 12.8. The summed E-state index contributed by atoms with van der Waals surface area (Å²) in [6.45, 7) is 4.73. The van der Waals surface area contributed by atoms with Crippen LogP contribution < -0.4 is 5.32 Å². The molecule has 4 nitrogen and oxygen atoms in total. The van der Waals surface area contributed by atoms with Crippen LogP contribution in [0, 0.1) is 5.92 Å². The molecule has 2 heterocycles. The van der Waals surface area contributed by atoms with Crippen molar-refractivity contribution >= 4 is 17.2 Å². The van der Waals surface area contributed by atoms with Gasteiger partial charge >= 0.3 is 0 Å². The highest BCUT2D eigenvalue weighted by Crippen LogP contribution is 2.15. The normalized spacial score (nSPS) is 20.2. The number of carbonyl (C=O) groups is 1. The van der Waals surface area contributed by atoms with Crippen molar-refractivity contribution in [2.24, 2.45) is 5.92 Å². The maximum Gasteiger partial charge on any atom is 0.252 e. The van der Waals surface area contributed by atoms with Gasteiger partial charge in [-0.2, -0.15) is 11.3 Å². The Bertz CT molecular complexity index is 367. The summed E-state index contributed by atoms with van der Waals surface area (Å²) in [7, 11) is 1.73. The van der Waals surface area contributed by atoms with Gasteiger partial charge in [-0.05, 0) is 30.3 Å². The first-order chi connectivity index (χ1) is 8.79. The average molecular weight is 268 g/mol. The van der Waals surface area contributed by atoms with E-state index >= 15 is 0 Å². The Morgan fingerprint density at radius 1 is 1.67 bits per heavy atom. The van der Waals surface area contributed by atoms with Crippen LogP contribution in [0.15, 0.2) is 16.8 Å². The summed E-state index contributed by atoms with van der Waals surface area (Å²) < 4.78 is 5.08. The number of likely N-dealkylation sites (tertiary alicyclic amines) is 1. The van der Waals surface area contributed by atoms with Crippen LogP contribution >= 0.6 is 11.3 Å². The van der Waals surface area contributed by atoms with E-state index in [0.29, 0.717) is 5.92 Å². The molecule has 1 saturated heterocycles. The molecule has 1 N–H and O–H groups in total. The number of rotatable bonds is 6. The highest BCUT2D eigenvalue weighted by atomic mass is 32.1. The molecule has 0 spiro atoms. The second-order valence-corrected chi connectivity index (χ2v) is 5.45. The van der Waals surface area contributed by atoms with Crippen molar-refractivity contribution in [1.29, 1.82) is 0 Å². The lowest BCUT2D eigenvalue weighted by Gasteiger charge is -2.15. The van der Waals surface area contributed by atoms with Crippen molar-refractivity contribution < 1.29 is 9.53 Å². The van der Waals surface area contributed by atoms with Crippen molar-refractivity contribution in [3.8, 4) is 0 Å². The zero-order valence-corrected chi connectivity index (χ0v) is 11.5. The van der Waals surface area contributed by atoms with E-state index in [9.17, 15) is 4.79 Å². The highest BCUT2D eigenvalue weighted by molar-refractivity contribution is 7.08. The molecule has 5 heteroatoms. The SMILES string of the molecule is COCCN1CC[C@H](CNC(=O)c2ccsc2)C1. The van der Waals surface area contributed by atoms with Crippen molar-refractivity contribution in [2.45, 2.75) is 6.42 Å². The number of ether oxygens (including phenoxy) is 1. The van der Waals surface area contributed by atoms with Crippen molar-refractivity contribution in [3.05, 3.63) is 22.4 Å². The summed E-state index contributed by atoms with van der Waals surface area (Å²) in [5.41, 5.74) is 0.772. The molecule has 2 rings (SSSR count). The number of nitrogens with zero attached hydrogens (tertiary/aromatic N) is 1. The maximum absolute atomic E-state index is 11.8. The van der Waals surface area contributed by atoms with Gasteiger partial charge < -0.3 is 15.0 Å². The predicted octanol–water partition coefficient (Wildman–Crippen LogP) is 1.45. The largest absolute Gasteiger partial charge is 0.383 e. The average Bonchev–Trinajstić information content (AvgIpc) is 3.04. The number of hydrogen-bond acceptors (Lipinski definition) is 4. The van der Waals surface area contributed by atoms with Crippen molar-refractivity contribution in [3.63, 3.8) is 0 Å². The monoisotopic (exact) mass is 268 g/mol. The van der Waals surface area contributed by atoms with E-state index < -0.39 is 0 Å². The topological polar surface area (TPSA) is 41.6 Å². The molecule has 1 fully saturated rings. The molecule has 0 radical (unpaired) electrons. The molecule has 1 aromatic rings. The number of carbonyl (C=O) groups excluding carboxylic acids is 1. The van der Waals surface area contributed by atoms with Crippen LogP contribution in [0.4, 0.5) is 0 Å². The molecule has 100 valence electrons. The van der Waals surface area contributed by atoms with Gasteiger partial charge in [0.15, 0.2) is 0 Å². The van der Waals surface area contributed by atoms with E-state index in [1.54, 1.807) is 18.4 Å². The quantitative estimate of drug-likeness (QED) is 0.849. The molecule has 0 aromatic carbocycles. The van der Waals surface area contributed by atoms with Crippen LogP contribution in [-0.2, 0) is 4.74 Å². The van der Waals surface area contributed by atoms with Gasteiger partial charge in [0, 0.05) is 37.7 Å². The molecule has 1 aliphatic rings. The van der Waals surface area contributed by atoms with Gasteiger partial charge in [-0.1, -0.05) is 0 Å². The Balaban J connectivity index is 1.67. The van der Waals surface area contributed by atoms with E-state index in [1.165, 1.54) is 0 Å². The third-order valence-electron chi connectivity index (χ3n) is 3.32. The van der Waals surface area contributed by atoms with Crippen molar-refractivity contribution in [2.75, 3.05) is 39.9 Å². The van der Waals surface area contributed by atoms with Gasteiger partial charge in [-0.3, -0.25) is 4.79 Å². The molecule has 0 unspecified atom stereocenters. The van der Waals surface area contributed by atoms with Crippen molar-refractivity contribution in [1.82, 2.24) is 10.2 Å². The van der Waals surface area contributed by atoms with Gasteiger partial charge in [0.1, 0.15) is 0 Å². The van der Waals surface area contributed by atoms with Crippen LogP contribution in [0.3, 0.4) is 0 Å². The highest BCUT2D eigenvalue weighted by Gasteiger charge is 2.22. The lowest BCUT2D eigenvalue weighted by Crippen LogP contribution is -2.31. The summed E-state index contributed by atoms with van der Waals surface area (Å²) in [5.74, 6) is 0.621. The Morgan fingerprint density at radius 3 is 3.28 bits per heavy atom. The van der Waals surface area contributed by atoms with Gasteiger partial charge in [0.05, 0.1) is 6.61 Å². The molecule has 0 bridgehead atoms. The molecular formula is C13H20N2O2S. The van der Waals surface area contributed by atoms with Crippen LogP contribution in [0.5, 0.6) is 0 Å². The Kier molecular flexibility index (Phi) is 5.16. The third-order valence-corrected chi connectivity index (χ3v) is 4.00. The minimum absolute atomic E-state index is 0.0478. The summed E-state index contributed by atoms with van der Waals surface area (Å²) >= 11 is 1.55. The van der Waals surface area contributed by atoms with Gasteiger partial charge in [-0.15, -0.1) is 0 Å². The number of hydrogen-bond donors (Lipinski definition) is 1. The lowest BCUT2D eigenvalue weighted by atomic mass is 10.1. The molecule has 18 heavy (non-hydrogen) atoms. The molecule has 0 saturated carbocycles. The first-order valence-electron chi connectivity index (χ1n) is 6.31.